The molecule has 0 saturated heterocycles. The van der Waals surface area contributed by atoms with Gasteiger partial charge in [-0.25, -0.2) is 9.59 Å². The fourth-order valence-electron chi connectivity index (χ4n) is 2.18. The summed E-state index contributed by atoms with van der Waals surface area (Å²) in [6.45, 7) is 4.88. The molecule has 1 amide bonds. The predicted molar refractivity (Wildman–Crippen MR) is 78.4 cm³/mol. The van der Waals surface area contributed by atoms with Crippen LogP contribution in [0.4, 0.5) is 4.79 Å². The minimum atomic E-state index is -0.767. The van der Waals surface area contributed by atoms with E-state index in [1.165, 1.54) is 21.7 Å². The topological polar surface area (TPSA) is 105 Å². The second-order valence-corrected chi connectivity index (χ2v) is 5.95. The van der Waals surface area contributed by atoms with Crippen molar-refractivity contribution in [1.82, 2.24) is 14.5 Å². The van der Waals surface area contributed by atoms with Crippen LogP contribution in [0.3, 0.4) is 0 Å². The SMILES string of the molecule is CC(C)(C)OC(=O)N1[C@H](CO)C=C[C@@H]1n1ccc(=O)[nH]c1=O. The van der Waals surface area contributed by atoms with Gasteiger partial charge in [-0.05, 0) is 26.8 Å². The van der Waals surface area contributed by atoms with E-state index >= 15 is 0 Å². The molecule has 8 nitrogen and oxygen atoms in total. The smallest absolute Gasteiger partial charge is 0.412 e. The molecule has 8 heteroatoms. The largest absolute Gasteiger partial charge is 0.444 e. The Labute approximate surface area is 126 Å². The number of carbonyl (C=O) groups excluding carboxylic acids is 1. The van der Waals surface area contributed by atoms with E-state index in [0.717, 1.165) is 0 Å². The number of aliphatic hydroxyl groups excluding tert-OH is 1. The van der Waals surface area contributed by atoms with Crippen LogP contribution in [0.1, 0.15) is 26.9 Å². The standard InChI is InChI=1S/C14H19N3O5/c1-14(2,3)22-13(21)17-9(8-18)4-5-11(17)16-7-6-10(19)15-12(16)20/h4-7,9,11,18H,8H2,1-3H3,(H,15,19,20)/t9-,11+/m0/s1. The minimum absolute atomic E-state index is 0.301. The molecule has 0 unspecified atom stereocenters. The maximum Gasteiger partial charge on any atom is 0.412 e. The van der Waals surface area contributed by atoms with Crippen molar-refractivity contribution in [3.05, 3.63) is 45.3 Å². The van der Waals surface area contributed by atoms with Gasteiger partial charge in [0.05, 0.1) is 12.6 Å². The van der Waals surface area contributed by atoms with Crippen LogP contribution in [-0.4, -0.2) is 43.9 Å². The Morgan fingerprint density at radius 1 is 1.36 bits per heavy atom. The summed E-state index contributed by atoms with van der Waals surface area (Å²) in [7, 11) is 0. The molecule has 2 N–H and O–H groups in total. The zero-order chi connectivity index (χ0) is 16.5. The number of hydrogen-bond donors (Lipinski definition) is 2. The number of rotatable bonds is 2. The number of aliphatic hydroxyl groups is 1. The first-order chi connectivity index (χ1) is 10.2. The van der Waals surface area contributed by atoms with Crippen LogP contribution in [0.5, 0.6) is 0 Å². The molecule has 22 heavy (non-hydrogen) atoms. The molecule has 1 aromatic rings. The van der Waals surface area contributed by atoms with Gasteiger partial charge in [-0.3, -0.25) is 19.2 Å². The van der Waals surface area contributed by atoms with Crippen molar-refractivity contribution in [2.24, 2.45) is 0 Å². The second-order valence-electron chi connectivity index (χ2n) is 5.95. The molecule has 0 radical (unpaired) electrons. The summed E-state index contributed by atoms with van der Waals surface area (Å²) in [6.07, 6.45) is 3.10. The monoisotopic (exact) mass is 309 g/mol. The first-order valence-electron chi connectivity index (χ1n) is 6.85. The Kier molecular flexibility index (Phi) is 4.23. The number of nitrogens with zero attached hydrogens (tertiary/aromatic N) is 2. The van der Waals surface area contributed by atoms with E-state index in [2.05, 4.69) is 4.98 Å². The molecular formula is C14H19N3O5. The maximum atomic E-state index is 12.4. The van der Waals surface area contributed by atoms with Gasteiger partial charge in [0, 0.05) is 12.3 Å². The number of aromatic amines is 1. The number of ether oxygens (including phenoxy) is 1. The van der Waals surface area contributed by atoms with Crippen LogP contribution in [0, 0.1) is 0 Å². The van der Waals surface area contributed by atoms with Crippen molar-refractivity contribution in [3.8, 4) is 0 Å². The lowest BCUT2D eigenvalue weighted by atomic mass is 10.2. The van der Waals surface area contributed by atoms with Crippen molar-refractivity contribution in [2.75, 3.05) is 6.61 Å². The zero-order valence-electron chi connectivity index (χ0n) is 12.6. The van der Waals surface area contributed by atoms with Crippen LogP contribution in [0.25, 0.3) is 0 Å². The summed E-state index contributed by atoms with van der Waals surface area (Å²) in [5.41, 5.74) is -1.87. The Morgan fingerprint density at radius 3 is 2.59 bits per heavy atom. The summed E-state index contributed by atoms with van der Waals surface area (Å²) in [5, 5.41) is 9.42. The van der Waals surface area contributed by atoms with Crippen LogP contribution in [0.2, 0.25) is 0 Å². The third-order valence-corrected chi connectivity index (χ3v) is 3.08. The van der Waals surface area contributed by atoms with Gasteiger partial charge in [-0.15, -0.1) is 0 Å². The molecule has 1 aliphatic heterocycles. The van der Waals surface area contributed by atoms with Gasteiger partial charge in [0.1, 0.15) is 11.8 Å². The molecule has 0 saturated carbocycles. The van der Waals surface area contributed by atoms with Crippen molar-refractivity contribution in [2.45, 2.75) is 38.6 Å². The fourth-order valence-corrected chi connectivity index (χ4v) is 2.18. The first kappa shape index (κ1) is 16.0. The maximum absolute atomic E-state index is 12.4. The third kappa shape index (κ3) is 3.28. The second kappa shape index (κ2) is 5.80. The summed E-state index contributed by atoms with van der Waals surface area (Å²) in [5.74, 6) is 0. The van der Waals surface area contributed by atoms with Crippen molar-refractivity contribution < 1.29 is 14.6 Å². The minimum Gasteiger partial charge on any atom is -0.444 e. The molecule has 1 aliphatic rings. The predicted octanol–water partition coefficient (Wildman–Crippen LogP) is 0.203. The Morgan fingerprint density at radius 2 is 2.05 bits per heavy atom. The molecule has 120 valence electrons. The van der Waals surface area contributed by atoms with Gasteiger partial charge < -0.3 is 9.84 Å². The van der Waals surface area contributed by atoms with E-state index in [1.807, 2.05) is 0 Å². The summed E-state index contributed by atoms with van der Waals surface area (Å²) >= 11 is 0. The van der Waals surface area contributed by atoms with E-state index in [9.17, 15) is 19.5 Å². The molecule has 2 heterocycles. The highest BCUT2D eigenvalue weighted by Crippen LogP contribution is 2.26. The van der Waals surface area contributed by atoms with E-state index in [4.69, 9.17) is 4.74 Å². The molecule has 0 fully saturated rings. The summed E-state index contributed by atoms with van der Waals surface area (Å²) in [6, 6.07) is 0.591. The molecule has 0 bridgehead atoms. The van der Waals surface area contributed by atoms with Crippen molar-refractivity contribution >= 4 is 6.09 Å². The van der Waals surface area contributed by atoms with Gasteiger partial charge in [-0.2, -0.15) is 0 Å². The van der Waals surface area contributed by atoms with Crippen molar-refractivity contribution in [1.29, 1.82) is 0 Å². The van der Waals surface area contributed by atoms with Gasteiger partial charge in [0.15, 0.2) is 0 Å². The Hall–Kier alpha value is -2.35. The van der Waals surface area contributed by atoms with E-state index in [1.54, 1.807) is 32.9 Å². The first-order valence-corrected chi connectivity index (χ1v) is 6.85. The van der Waals surface area contributed by atoms with Gasteiger partial charge in [0.25, 0.3) is 5.56 Å². The fraction of sp³-hybridized carbons (Fsp3) is 0.500. The molecule has 2 atom stereocenters. The number of amides is 1. The van der Waals surface area contributed by atoms with Crippen LogP contribution >= 0.6 is 0 Å². The number of aromatic nitrogens is 2. The highest BCUT2D eigenvalue weighted by molar-refractivity contribution is 5.70. The van der Waals surface area contributed by atoms with Gasteiger partial charge in [-0.1, -0.05) is 6.08 Å². The lowest BCUT2D eigenvalue weighted by Gasteiger charge is -2.32. The lowest BCUT2D eigenvalue weighted by molar-refractivity contribution is 0.00408. The summed E-state index contributed by atoms with van der Waals surface area (Å²) < 4.78 is 6.51. The number of carbonyl (C=O) groups is 1. The van der Waals surface area contributed by atoms with Crippen LogP contribution < -0.4 is 11.2 Å². The van der Waals surface area contributed by atoms with Crippen LogP contribution in [-0.2, 0) is 4.74 Å². The third-order valence-electron chi connectivity index (χ3n) is 3.08. The number of hydrogen-bond acceptors (Lipinski definition) is 5. The molecule has 0 aliphatic carbocycles. The van der Waals surface area contributed by atoms with Gasteiger partial charge >= 0.3 is 11.8 Å². The summed E-state index contributed by atoms with van der Waals surface area (Å²) in [4.78, 5) is 38.8. The highest BCUT2D eigenvalue weighted by atomic mass is 16.6. The van der Waals surface area contributed by atoms with E-state index in [-0.39, 0.29) is 6.61 Å². The molecular weight excluding hydrogens is 290 g/mol. The van der Waals surface area contributed by atoms with Gasteiger partial charge in [0.2, 0.25) is 0 Å². The molecule has 1 aromatic heterocycles. The molecule has 0 spiro atoms. The van der Waals surface area contributed by atoms with Crippen LogP contribution in [0.15, 0.2) is 34.0 Å². The average molecular weight is 309 g/mol. The highest BCUT2D eigenvalue weighted by Gasteiger charge is 2.36. The average Bonchev–Trinajstić information content (AvgIpc) is 2.80. The van der Waals surface area contributed by atoms with E-state index < -0.39 is 35.2 Å². The quantitative estimate of drug-likeness (QED) is 0.760. The van der Waals surface area contributed by atoms with Crippen molar-refractivity contribution in [3.63, 3.8) is 0 Å². The number of nitrogens with one attached hydrogen (secondary N) is 1. The lowest BCUT2D eigenvalue weighted by Crippen LogP contribution is -2.47. The zero-order valence-corrected chi connectivity index (χ0v) is 12.6. The normalized spacial score (nSPS) is 21.2. The molecule has 2 rings (SSSR count). The van der Waals surface area contributed by atoms with E-state index in [0.29, 0.717) is 0 Å². The molecule has 0 aromatic carbocycles. The Bertz CT molecular complexity index is 697. The Balaban J connectivity index is 2.37. The number of H-pyrrole nitrogens is 1.